The van der Waals surface area contributed by atoms with Crippen LogP contribution in [0.2, 0.25) is 5.02 Å². The van der Waals surface area contributed by atoms with Gasteiger partial charge in [-0.3, -0.25) is 4.79 Å². The van der Waals surface area contributed by atoms with Gasteiger partial charge in [0.2, 0.25) is 5.91 Å². The first-order valence-electron chi connectivity index (χ1n) is 5.81. The van der Waals surface area contributed by atoms with Crippen LogP contribution in [0.4, 0.5) is 5.69 Å². The zero-order chi connectivity index (χ0) is 13.7. The molecule has 1 aromatic carbocycles. The predicted octanol–water partition coefficient (Wildman–Crippen LogP) is 1.65. The number of nitrogens with zero attached hydrogens (tertiary/aromatic N) is 1. The molecule has 100 valence electrons. The van der Waals surface area contributed by atoms with E-state index in [4.69, 9.17) is 16.7 Å². The standard InChI is InChI=1S/C13H19ClN2O2/c1-9(13(18)15-2)7-16(3)12-5-4-10(8-17)6-11(12)14/h4-6,9,17H,7-8H2,1-3H3,(H,15,18). The molecule has 0 fully saturated rings. The molecule has 0 aliphatic rings. The molecule has 0 heterocycles. The molecule has 0 radical (unpaired) electrons. The van der Waals surface area contributed by atoms with Crippen molar-refractivity contribution in [2.75, 3.05) is 25.5 Å². The molecule has 0 aliphatic carbocycles. The van der Waals surface area contributed by atoms with Gasteiger partial charge in [0.25, 0.3) is 0 Å². The first-order chi connectivity index (χ1) is 8.49. The van der Waals surface area contributed by atoms with E-state index in [1.807, 2.05) is 31.0 Å². The molecule has 0 aliphatic heterocycles. The maximum atomic E-state index is 11.5. The van der Waals surface area contributed by atoms with Crippen LogP contribution in [0.3, 0.4) is 0 Å². The summed E-state index contributed by atoms with van der Waals surface area (Å²) in [5.74, 6) is -0.112. The smallest absolute Gasteiger partial charge is 0.224 e. The Morgan fingerprint density at radius 3 is 2.72 bits per heavy atom. The summed E-state index contributed by atoms with van der Waals surface area (Å²) in [6, 6.07) is 5.41. The minimum atomic E-state index is -0.117. The van der Waals surface area contributed by atoms with Crippen molar-refractivity contribution in [1.82, 2.24) is 5.32 Å². The van der Waals surface area contributed by atoms with Gasteiger partial charge in [0.15, 0.2) is 0 Å². The van der Waals surface area contributed by atoms with E-state index in [-0.39, 0.29) is 18.4 Å². The monoisotopic (exact) mass is 270 g/mol. The third-order valence-corrected chi connectivity index (χ3v) is 3.15. The highest BCUT2D eigenvalue weighted by Gasteiger charge is 2.15. The van der Waals surface area contributed by atoms with Crippen LogP contribution in [-0.4, -0.2) is 31.7 Å². The first kappa shape index (κ1) is 14.8. The SMILES string of the molecule is CNC(=O)C(C)CN(C)c1ccc(CO)cc1Cl. The largest absolute Gasteiger partial charge is 0.392 e. The Morgan fingerprint density at radius 2 is 2.22 bits per heavy atom. The number of hydrogen-bond donors (Lipinski definition) is 2. The third-order valence-electron chi connectivity index (χ3n) is 2.85. The van der Waals surface area contributed by atoms with Crippen LogP contribution in [-0.2, 0) is 11.4 Å². The zero-order valence-corrected chi connectivity index (χ0v) is 11.7. The summed E-state index contributed by atoms with van der Waals surface area (Å²) >= 11 is 6.15. The number of nitrogens with one attached hydrogen (secondary N) is 1. The van der Waals surface area contributed by atoms with E-state index in [0.29, 0.717) is 11.6 Å². The van der Waals surface area contributed by atoms with Gasteiger partial charge in [0.1, 0.15) is 0 Å². The number of hydrogen-bond acceptors (Lipinski definition) is 3. The zero-order valence-electron chi connectivity index (χ0n) is 10.9. The van der Waals surface area contributed by atoms with E-state index in [9.17, 15) is 4.79 Å². The summed E-state index contributed by atoms with van der Waals surface area (Å²) in [6.07, 6.45) is 0. The Morgan fingerprint density at radius 1 is 1.56 bits per heavy atom. The molecular weight excluding hydrogens is 252 g/mol. The number of halogens is 1. The van der Waals surface area contributed by atoms with E-state index >= 15 is 0 Å². The number of aliphatic hydroxyl groups excluding tert-OH is 1. The Hall–Kier alpha value is -1.26. The molecule has 1 atom stereocenters. The fraction of sp³-hybridized carbons (Fsp3) is 0.462. The van der Waals surface area contributed by atoms with E-state index in [1.165, 1.54) is 0 Å². The number of anilines is 1. The van der Waals surface area contributed by atoms with Gasteiger partial charge in [-0.15, -0.1) is 0 Å². The minimum absolute atomic E-state index is 0.00458. The van der Waals surface area contributed by atoms with Gasteiger partial charge in [-0.2, -0.15) is 0 Å². The van der Waals surface area contributed by atoms with Crippen LogP contribution < -0.4 is 10.2 Å². The summed E-state index contributed by atoms with van der Waals surface area (Å²) in [7, 11) is 3.52. The van der Waals surface area contributed by atoms with Gasteiger partial charge in [0, 0.05) is 20.6 Å². The van der Waals surface area contributed by atoms with Crippen molar-refractivity contribution in [2.24, 2.45) is 5.92 Å². The number of carbonyl (C=O) groups excluding carboxylic acids is 1. The topological polar surface area (TPSA) is 52.6 Å². The molecule has 0 aromatic heterocycles. The van der Waals surface area contributed by atoms with E-state index in [1.54, 1.807) is 13.1 Å². The van der Waals surface area contributed by atoms with Crippen molar-refractivity contribution in [1.29, 1.82) is 0 Å². The lowest BCUT2D eigenvalue weighted by molar-refractivity contribution is -0.123. The highest BCUT2D eigenvalue weighted by atomic mass is 35.5. The summed E-state index contributed by atoms with van der Waals surface area (Å²) in [5.41, 5.74) is 1.63. The van der Waals surface area contributed by atoms with Gasteiger partial charge in [0.05, 0.1) is 23.2 Å². The molecule has 1 aromatic rings. The molecule has 18 heavy (non-hydrogen) atoms. The summed E-state index contributed by atoms with van der Waals surface area (Å²) < 4.78 is 0. The molecule has 5 heteroatoms. The second-order valence-corrected chi connectivity index (χ2v) is 4.75. The molecule has 0 saturated carbocycles. The summed E-state index contributed by atoms with van der Waals surface area (Å²) in [5, 5.41) is 12.2. The molecule has 1 rings (SSSR count). The second kappa shape index (κ2) is 6.61. The molecule has 0 bridgehead atoms. The Balaban J connectivity index is 2.78. The lowest BCUT2D eigenvalue weighted by Crippen LogP contribution is -2.34. The van der Waals surface area contributed by atoms with Crippen molar-refractivity contribution in [3.05, 3.63) is 28.8 Å². The normalized spacial score (nSPS) is 12.1. The molecule has 4 nitrogen and oxygen atoms in total. The Bertz CT molecular complexity index is 423. The number of rotatable bonds is 5. The molecule has 0 spiro atoms. The quantitative estimate of drug-likeness (QED) is 0.855. The van der Waals surface area contributed by atoms with Gasteiger partial charge >= 0.3 is 0 Å². The number of amides is 1. The van der Waals surface area contributed by atoms with Crippen LogP contribution in [0.25, 0.3) is 0 Å². The molecular formula is C13H19ClN2O2. The molecule has 1 amide bonds. The molecule has 1 unspecified atom stereocenters. The van der Waals surface area contributed by atoms with Crippen LogP contribution >= 0.6 is 11.6 Å². The first-order valence-corrected chi connectivity index (χ1v) is 6.19. The van der Waals surface area contributed by atoms with Crippen molar-refractivity contribution >= 4 is 23.2 Å². The lowest BCUT2D eigenvalue weighted by Gasteiger charge is -2.24. The van der Waals surface area contributed by atoms with E-state index in [2.05, 4.69) is 5.32 Å². The van der Waals surface area contributed by atoms with Crippen molar-refractivity contribution in [3.63, 3.8) is 0 Å². The third kappa shape index (κ3) is 3.62. The van der Waals surface area contributed by atoms with Crippen molar-refractivity contribution < 1.29 is 9.90 Å². The van der Waals surface area contributed by atoms with Crippen LogP contribution in [0.1, 0.15) is 12.5 Å². The van der Waals surface area contributed by atoms with Crippen LogP contribution in [0, 0.1) is 5.92 Å². The maximum Gasteiger partial charge on any atom is 0.224 e. The molecule has 2 N–H and O–H groups in total. The van der Waals surface area contributed by atoms with E-state index in [0.717, 1.165) is 11.3 Å². The fourth-order valence-corrected chi connectivity index (χ4v) is 2.14. The Labute approximate surface area is 113 Å². The van der Waals surface area contributed by atoms with Gasteiger partial charge in [-0.1, -0.05) is 24.6 Å². The Kier molecular flexibility index (Phi) is 5.44. The average Bonchev–Trinajstić information content (AvgIpc) is 2.37. The predicted molar refractivity (Wildman–Crippen MR) is 73.9 cm³/mol. The molecule has 0 saturated heterocycles. The number of aliphatic hydroxyl groups is 1. The fourth-order valence-electron chi connectivity index (χ4n) is 1.80. The van der Waals surface area contributed by atoms with Crippen molar-refractivity contribution in [3.8, 4) is 0 Å². The van der Waals surface area contributed by atoms with Crippen LogP contribution in [0.15, 0.2) is 18.2 Å². The number of benzene rings is 1. The minimum Gasteiger partial charge on any atom is -0.392 e. The highest BCUT2D eigenvalue weighted by Crippen LogP contribution is 2.26. The van der Waals surface area contributed by atoms with Crippen molar-refractivity contribution in [2.45, 2.75) is 13.5 Å². The number of carbonyl (C=O) groups is 1. The average molecular weight is 271 g/mol. The summed E-state index contributed by atoms with van der Waals surface area (Å²) in [4.78, 5) is 13.4. The van der Waals surface area contributed by atoms with E-state index < -0.39 is 0 Å². The summed E-state index contributed by atoms with van der Waals surface area (Å²) in [6.45, 7) is 2.42. The van der Waals surface area contributed by atoms with Gasteiger partial charge in [-0.25, -0.2) is 0 Å². The van der Waals surface area contributed by atoms with Crippen LogP contribution in [0.5, 0.6) is 0 Å². The maximum absolute atomic E-state index is 11.5. The highest BCUT2D eigenvalue weighted by molar-refractivity contribution is 6.33. The van der Waals surface area contributed by atoms with Gasteiger partial charge < -0.3 is 15.3 Å². The van der Waals surface area contributed by atoms with Gasteiger partial charge in [-0.05, 0) is 17.7 Å². The lowest BCUT2D eigenvalue weighted by atomic mass is 10.1. The second-order valence-electron chi connectivity index (χ2n) is 4.34.